The topological polar surface area (TPSA) is 58.2 Å². The summed E-state index contributed by atoms with van der Waals surface area (Å²) in [4.78, 5) is 0.282. The standard InChI is InChI=1S/C13H16N2O2S2/c1-2-14-12-3-5-13(6-4-12)19(16,17)15-9-11-7-8-18-10-11/h3-8,10,14-15H,2,9H2,1H3. The number of hydrogen-bond acceptors (Lipinski definition) is 4. The summed E-state index contributed by atoms with van der Waals surface area (Å²) in [6, 6.07) is 8.65. The molecule has 19 heavy (non-hydrogen) atoms. The lowest BCUT2D eigenvalue weighted by atomic mass is 10.3. The van der Waals surface area contributed by atoms with E-state index in [0.717, 1.165) is 17.8 Å². The molecule has 0 saturated carbocycles. The highest BCUT2D eigenvalue weighted by Crippen LogP contribution is 2.14. The van der Waals surface area contributed by atoms with Gasteiger partial charge >= 0.3 is 0 Å². The lowest BCUT2D eigenvalue weighted by molar-refractivity contribution is 0.581. The van der Waals surface area contributed by atoms with Crippen LogP contribution in [-0.2, 0) is 16.6 Å². The van der Waals surface area contributed by atoms with Crippen LogP contribution in [0.4, 0.5) is 5.69 Å². The first-order valence-electron chi connectivity index (χ1n) is 5.96. The Labute approximate surface area is 117 Å². The van der Waals surface area contributed by atoms with Gasteiger partial charge in [0.25, 0.3) is 0 Å². The average Bonchev–Trinajstić information content (AvgIpc) is 2.91. The third-order valence-corrected chi connectivity index (χ3v) is 4.74. The molecule has 0 atom stereocenters. The molecule has 0 amide bonds. The minimum atomic E-state index is -3.44. The molecule has 0 spiro atoms. The Morgan fingerprint density at radius 3 is 2.47 bits per heavy atom. The molecule has 0 fully saturated rings. The molecule has 2 rings (SSSR count). The number of sulfonamides is 1. The van der Waals surface area contributed by atoms with Crippen LogP contribution in [0.5, 0.6) is 0 Å². The summed E-state index contributed by atoms with van der Waals surface area (Å²) in [5, 5.41) is 6.98. The Morgan fingerprint density at radius 2 is 1.89 bits per heavy atom. The van der Waals surface area contributed by atoms with Crippen molar-refractivity contribution in [2.24, 2.45) is 0 Å². The SMILES string of the molecule is CCNc1ccc(S(=O)(=O)NCc2ccsc2)cc1. The summed E-state index contributed by atoms with van der Waals surface area (Å²) in [5.74, 6) is 0. The van der Waals surface area contributed by atoms with Crippen LogP contribution in [0.1, 0.15) is 12.5 Å². The Kier molecular flexibility index (Phi) is 4.57. The maximum Gasteiger partial charge on any atom is 0.240 e. The van der Waals surface area contributed by atoms with Gasteiger partial charge in [0.15, 0.2) is 0 Å². The quantitative estimate of drug-likeness (QED) is 0.861. The molecular weight excluding hydrogens is 280 g/mol. The fourth-order valence-corrected chi connectivity index (χ4v) is 3.30. The molecule has 1 aromatic carbocycles. The van der Waals surface area contributed by atoms with Gasteiger partial charge in [-0.25, -0.2) is 13.1 Å². The third kappa shape index (κ3) is 3.79. The predicted octanol–water partition coefficient (Wildman–Crippen LogP) is 2.66. The van der Waals surface area contributed by atoms with Crippen LogP contribution in [0.2, 0.25) is 0 Å². The van der Waals surface area contributed by atoms with Gasteiger partial charge in [0.1, 0.15) is 0 Å². The molecule has 2 aromatic rings. The van der Waals surface area contributed by atoms with E-state index in [9.17, 15) is 8.42 Å². The number of thiophene rings is 1. The molecular formula is C13H16N2O2S2. The van der Waals surface area contributed by atoms with Crippen molar-refractivity contribution < 1.29 is 8.42 Å². The van der Waals surface area contributed by atoms with E-state index in [4.69, 9.17) is 0 Å². The van der Waals surface area contributed by atoms with Crippen LogP contribution in [-0.4, -0.2) is 15.0 Å². The Hall–Kier alpha value is -1.37. The van der Waals surface area contributed by atoms with Crippen LogP contribution in [0.25, 0.3) is 0 Å². The summed E-state index contributed by atoms with van der Waals surface area (Å²) in [6.45, 7) is 3.12. The minimum absolute atomic E-state index is 0.282. The van der Waals surface area contributed by atoms with Crippen molar-refractivity contribution in [3.8, 4) is 0 Å². The van der Waals surface area contributed by atoms with Crippen molar-refractivity contribution in [1.82, 2.24) is 4.72 Å². The molecule has 102 valence electrons. The van der Waals surface area contributed by atoms with Gasteiger partial charge in [-0.15, -0.1) is 0 Å². The van der Waals surface area contributed by atoms with Crippen LogP contribution >= 0.6 is 11.3 Å². The van der Waals surface area contributed by atoms with Gasteiger partial charge in [0.05, 0.1) is 4.90 Å². The van der Waals surface area contributed by atoms with E-state index in [-0.39, 0.29) is 4.90 Å². The first kappa shape index (κ1) is 14.0. The molecule has 0 aliphatic carbocycles. The van der Waals surface area contributed by atoms with Crippen molar-refractivity contribution >= 4 is 27.0 Å². The molecule has 0 aliphatic heterocycles. The summed E-state index contributed by atoms with van der Waals surface area (Å²) in [5.41, 5.74) is 1.89. The molecule has 0 bridgehead atoms. The van der Waals surface area contributed by atoms with E-state index in [1.54, 1.807) is 35.6 Å². The van der Waals surface area contributed by atoms with E-state index in [1.165, 1.54) is 0 Å². The number of nitrogens with one attached hydrogen (secondary N) is 2. The molecule has 1 heterocycles. The highest BCUT2D eigenvalue weighted by atomic mass is 32.2. The normalized spacial score (nSPS) is 11.4. The minimum Gasteiger partial charge on any atom is -0.385 e. The highest BCUT2D eigenvalue weighted by molar-refractivity contribution is 7.89. The maximum absolute atomic E-state index is 12.1. The second kappa shape index (κ2) is 6.18. The van der Waals surface area contributed by atoms with E-state index < -0.39 is 10.0 Å². The van der Waals surface area contributed by atoms with E-state index in [1.807, 2.05) is 23.8 Å². The van der Waals surface area contributed by atoms with Crippen molar-refractivity contribution in [3.63, 3.8) is 0 Å². The molecule has 0 aliphatic rings. The Morgan fingerprint density at radius 1 is 1.16 bits per heavy atom. The molecule has 0 unspecified atom stereocenters. The summed E-state index contributed by atoms with van der Waals surface area (Å²) < 4.78 is 26.7. The van der Waals surface area contributed by atoms with Crippen molar-refractivity contribution in [3.05, 3.63) is 46.7 Å². The van der Waals surface area contributed by atoms with Gasteiger partial charge in [0.2, 0.25) is 10.0 Å². The van der Waals surface area contributed by atoms with Crippen LogP contribution in [0, 0.1) is 0 Å². The van der Waals surface area contributed by atoms with Gasteiger partial charge in [0, 0.05) is 18.8 Å². The van der Waals surface area contributed by atoms with Gasteiger partial charge in [-0.3, -0.25) is 0 Å². The largest absolute Gasteiger partial charge is 0.385 e. The number of hydrogen-bond donors (Lipinski definition) is 2. The lowest BCUT2D eigenvalue weighted by Gasteiger charge is -2.07. The zero-order chi connectivity index (χ0) is 13.7. The second-order valence-electron chi connectivity index (χ2n) is 4.01. The van der Waals surface area contributed by atoms with Crippen LogP contribution in [0.3, 0.4) is 0 Å². The maximum atomic E-state index is 12.1. The average molecular weight is 296 g/mol. The summed E-state index contributed by atoms with van der Waals surface area (Å²) >= 11 is 1.55. The fraction of sp³-hybridized carbons (Fsp3) is 0.231. The second-order valence-corrected chi connectivity index (χ2v) is 6.56. The molecule has 6 heteroatoms. The Bertz CT molecular complexity index is 605. The van der Waals surface area contributed by atoms with Crippen molar-refractivity contribution in [2.75, 3.05) is 11.9 Å². The highest BCUT2D eigenvalue weighted by Gasteiger charge is 2.13. The smallest absolute Gasteiger partial charge is 0.240 e. The first-order chi connectivity index (χ1) is 9.12. The van der Waals surface area contributed by atoms with Crippen LogP contribution in [0.15, 0.2) is 46.0 Å². The van der Waals surface area contributed by atoms with Crippen molar-refractivity contribution in [1.29, 1.82) is 0 Å². The summed E-state index contributed by atoms with van der Waals surface area (Å²) in [6.07, 6.45) is 0. The van der Waals surface area contributed by atoms with Gasteiger partial charge < -0.3 is 5.32 Å². The zero-order valence-electron chi connectivity index (χ0n) is 10.6. The van der Waals surface area contributed by atoms with Gasteiger partial charge in [-0.05, 0) is 53.6 Å². The molecule has 1 aromatic heterocycles. The zero-order valence-corrected chi connectivity index (χ0v) is 12.2. The molecule has 4 nitrogen and oxygen atoms in total. The van der Waals surface area contributed by atoms with Gasteiger partial charge in [-0.1, -0.05) is 0 Å². The Balaban J connectivity index is 2.06. The fourth-order valence-electron chi connectivity index (χ4n) is 1.61. The molecule has 2 N–H and O–H groups in total. The van der Waals surface area contributed by atoms with E-state index in [0.29, 0.717) is 6.54 Å². The van der Waals surface area contributed by atoms with Crippen LogP contribution < -0.4 is 10.0 Å². The first-order valence-corrected chi connectivity index (χ1v) is 8.39. The number of rotatable bonds is 6. The lowest BCUT2D eigenvalue weighted by Crippen LogP contribution is -2.22. The number of anilines is 1. The van der Waals surface area contributed by atoms with E-state index in [2.05, 4.69) is 10.0 Å². The monoisotopic (exact) mass is 296 g/mol. The predicted molar refractivity (Wildman–Crippen MR) is 79.0 cm³/mol. The third-order valence-electron chi connectivity index (χ3n) is 2.59. The number of benzene rings is 1. The van der Waals surface area contributed by atoms with Gasteiger partial charge in [-0.2, -0.15) is 11.3 Å². The molecule has 0 saturated heterocycles. The molecule has 0 radical (unpaired) electrons. The van der Waals surface area contributed by atoms with E-state index >= 15 is 0 Å². The van der Waals surface area contributed by atoms with Crippen molar-refractivity contribution in [2.45, 2.75) is 18.4 Å². The summed E-state index contributed by atoms with van der Waals surface area (Å²) in [7, 11) is -3.44.